The van der Waals surface area contributed by atoms with Crippen LogP contribution in [-0.2, 0) is 0 Å². The summed E-state index contributed by atoms with van der Waals surface area (Å²) in [5.41, 5.74) is 6.76. The summed E-state index contributed by atoms with van der Waals surface area (Å²) in [5.74, 6) is 0.406. The molecule has 0 saturated carbocycles. The van der Waals surface area contributed by atoms with Gasteiger partial charge in [-0.15, -0.1) is 12.4 Å². The Bertz CT molecular complexity index is 358. The zero-order valence-corrected chi connectivity index (χ0v) is 12.2. The average molecular weight is 299 g/mol. The van der Waals surface area contributed by atoms with E-state index in [2.05, 4.69) is 0 Å². The van der Waals surface area contributed by atoms with Crippen molar-refractivity contribution in [2.24, 2.45) is 11.7 Å². The number of aliphatic hydroxyl groups is 1. The normalized spacial score (nSPS) is 14.3. The first kappa shape index (κ1) is 17.0. The maximum absolute atomic E-state index is 9.90. The van der Waals surface area contributed by atoms with Gasteiger partial charge in [-0.05, 0) is 30.0 Å². The topological polar surface area (TPSA) is 46.2 Å². The Morgan fingerprint density at radius 3 is 2.29 bits per heavy atom. The predicted octanol–water partition coefficient (Wildman–Crippen LogP) is 3.82. The maximum atomic E-state index is 9.90. The van der Waals surface area contributed by atoms with Crippen molar-refractivity contribution in [1.82, 2.24) is 0 Å². The van der Waals surface area contributed by atoms with Crippen molar-refractivity contribution in [1.29, 1.82) is 0 Å². The largest absolute Gasteiger partial charge is 0.391 e. The van der Waals surface area contributed by atoms with Crippen molar-refractivity contribution >= 4 is 35.6 Å². The van der Waals surface area contributed by atoms with Crippen LogP contribution in [0.25, 0.3) is 0 Å². The fourth-order valence-corrected chi connectivity index (χ4v) is 1.88. The maximum Gasteiger partial charge on any atom is 0.0735 e. The second-order valence-electron chi connectivity index (χ2n) is 4.40. The van der Waals surface area contributed by atoms with Crippen LogP contribution < -0.4 is 5.73 Å². The van der Waals surface area contributed by atoms with Gasteiger partial charge in [0.15, 0.2) is 0 Å². The zero-order valence-electron chi connectivity index (χ0n) is 9.86. The molecule has 17 heavy (non-hydrogen) atoms. The Hall–Kier alpha value is 0.01000. The second-order valence-corrected chi connectivity index (χ2v) is 5.21. The molecule has 0 radical (unpaired) electrons. The molecular formula is C12H18Cl3NO. The van der Waals surface area contributed by atoms with Gasteiger partial charge < -0.3 is 10.8 Å². The molecule has 0 aliphatic heterocycles. The van der Waals surface area contributed by atoms with Gasteiger partial charge in [0.05, 0.1) is 22.2 Å². The van der Waals surface area contributed by atoms with Gasteiger partial charge in [-0.2, -0.15) is 0 Å². The van der Waals surface area contributed by atoms with Crippen LogP contribution in [0.4, 0.5) is 0 Å². The number of aliphatic hydroxyl groups excluding tert-OH is 1. The molecule has 1 aromatic carbocycles. The van der Waals surface area contributed by atoms with Gasteiger partial charge in [-0.1, -0.05) is 43.1 Å². The van der Waals surface area contributed by atoms with Gasteiger partial charge >= 0.3 is 0 Å². The highest BCUT2D eigenvalue weighted by atomic mass is 35.5. The summed E-state index contributed by atoms with van der Waals surface area (Å²) in [6, 6.07) is 4.78. The van der Waals surface area contributed by atoms with E-state index in [0.29, 0.717) is 22.4 Å². The molecule has 0 aliphatic rings. The van der Waals surface area contributed by atoms with Gasteiger partial charge in [0, 0.05) is 0 Å². The molecule has 1 aromatic rings. The molecule has 0 saturated heterocycles. The van der Waals surface area contributed by atoms with E-state index in [1.807, 2.05) is 13.8 Å². The molecular weight excluding hydrogens is 280 g/mol. The van der Waals surface area contributed by atoms with E-state index in [1.165, 1.54) is 0 Å². The van der Waals surface area contributed by atoms with E-state index in [4.69, 9.17) is 28.9 Å². The second kappa shape index (κ2) is 7.45. The lowest BCUT2D eigenvalue weighted by molar-refractivity contribution is 0.121. The predicted molar refractivity (Wildman–Crippen MR) is 76.1 cm³/mol. The number of nitrogens with two attached hydrogens (primary N) is 1. The van der Waals surface area contributed by atoms with Gasteiger partial charge in [-0.25, -0.2) is 0 Å². The molecule has 0 aliphatic carbocycles. The SMILES string of the molecule is CC(C)C[C@H](O)[C@H](N)c1ccc(Cl)c(Cl)c1.Cl. The lowest BCUT2D eigenvalue weighted by atomic mass is 9.95. The van der Waals surface area contributed by atoms with Crippen molar-refractivity contribution in [3.63, 3.8) is 0 Å². The van der Waals surface area contributed by atoms with E-state index >= 15 is 0 Å². The van der Waals surface area contributed by atoms with Crippen molar-refractivity contribution in [3.05, 3.63) is 33.8 Å². The summed E-state index contributed by atoms with van der Waals surface area (Å²) in [4.78, 5) is 0. The first-order valence-electron chi connectivity index (χ1n) is 5.30. The molecule has 2 atom stereocenters. The Morgan fingerprint density at radius 1 is 1.24 bits per heavy atom. The van der Waals surface area contributed by atoms with Crippen LogP contribution in [0.3, 0.4) is 0 Å². The first-order valence-corrected chi connectivity index (χ1v) is 6.06. The lowest BCUT2D eigenvalue weighted by Crippen LogP contribution is -2.27. The monoisotopic (exact) mass is 297 g/mol. The summed E-state index contributed by atoms with van der Waals surface area (Å²) in [5, 5.41) is 10.9. The Kier molecular flexibility index (Phi) is 7.45. The van der Waals surface area contributed by atoms with E-state index in [0.717, 1.165) is 5.56 Å². The molecule has 0 unspecified atom stereocenters. The third-order valence-corrected chi connectivity index (χ3v) is 3.20. The third-order valence-electron chi connectivity index (χ3n) is 2.46. The summed E-state index contributed by atoms with van der Waals surface area (Å²) < 4.78 is 0. The van der Waals surface area contributed by atoms with Crippen LogP contribution in [-0.4, -0.2) is 11.2 Å². The van der Waals surface area contributed by atoms with E-state index in [1.54, 1.807) is 18.2 Å². The van der Waals surface area contributed by atoms with Crippen molar-refractivity contribution in [2.75, 3.05) is 0 Å². The zero-order chi connectivity index (χ0) is 12.3. The molecule has 0 amide bonds. The molecule has 98 valence electrons. The van der Waals surface area contributed by atoms with Crippen LogP contribution in [0.15, 0.2) is 18.2 Å². The summed E-state index contributed by atoms with van der Waals surface area (Å²) in [6.07, 6.45) is 0.110. The van der Waals surface area contributed by atoms with Gasteiger partial charge in [0.25, 0.3) is 0 Å². The molecule has 0 spiro atoms. The van der Waals surface area contributed by atoms with Gasteiger partial charge in [0.2, 0.25) is 0 Å². The third kappa shape index (κ3) is 5.02. The number of hydrogen-bond donors (Lipinski definition) is 2. The van der Waals surface area contributed by atoms with Crippen LogP contribution in [0.5, 0.6) is 0 Å². The van der Waals surface area contributed by atoms with Gasteiger partial charge in [-0.3, -0.25) is 0 Å². The molecule has 3 N–H and O–H groups in total. The minimum absolute atomic E-state index is 0. The van der Waals surface area contributed by atoms with Crippen LogP contribution in [0.1, 0.15) is 31.9 Å². The average Bonchev–Trinajstić information content (AvgIpc) is 2.20. The molecule has 5 heteroatoms. The highest BCUT2D eigenvalue weighted by molar-refractivity contribution is 6.42. The molecule has 1 rings (SSSR count). The fraction of sp³-hybridized carbons (Fsp3) is 0.500. The summed E-state index contributed by atoms with van der Waals surface area (Å²) >= 11 is 11.7. The highest BCUT2D eigenvalue weighted by Crippen LogP contribution is 2.27. The quantitative estimate of drug-likeness (QED) is 0.887. The Morgan fingerprint density at radius 2 is 1.82 bits per heavy atom. The van der Waals surface area contributed by atoms with Crippen molar-refractivity contribution in [3.8, 4) is 0 Å². The molecule has 2 nitrogen and oxygen atoms in total. The first-order chi connectivity index (χ1) is 7.41. The summed E-state index contributed by atoms with van der Waals surface area (Å²) in [6.45, 7) is 4.09. The number of halogens is 3. The lowest BCUT2D eigenvalue weighted by Gasteiger charge is -2.21. The molecule has 0 aromatic heterocycles. The molecule has 0 heterocycles. The standard InChI is InChI=1S/C12H17Cl2NO.ClH/c1-7(2)5-11(16)12(15)8-3-4-9(13)10(14)6-8;/h3-4,6-7,11-12,16H,5,15H2,1-2H3;1H/t11-,12+;/m0./s1. The van der Waals surface area contributed by atoms with Gasteiger partial charge in [0.1, 0.15) is 0 Å². The van der Waals surface area contributed by atoms with Crippen LogP contribution in [0.2, 0.25) is 10.0 Å². The number of hydrogen-bond acceptors (Lipinski definition) is 2. The van der Waals surface area contributed by atoms with E-state index in [9.17, 15) is 5.11 Å². The highest BCUT2D eigenvalue weighted by Gasteiger charge is 2.18. The van der Waals surface area contributed by atoms with Crippen LogP contribution in [0, 0.1) is 5.92 Å². The van der Waals surface area contributed by atoms with Crippen LogP contribution >= 0.6 is 35.6 Å². The number of benzene rings is 1. The summed E-state index contributed by atoms with van der Waals surface area (Å²) in [7, 11) is 0. The van der Waals surface area contributed by atoms with E-state index in [-0.39, 0.29) is 12.4 Å². The van der Waals surface area contributed by atoms with E-state index < -0.39 is 12.1 Å². The molecule has 0 bridgehead atoms. The minimum atomic E-state index is -0.558. The van der Waals surface area contributed by atoms with Crippen molar-refractivity contribution < 1.29 is 5.11 Å². The fourth-order valence-electron chi connectivity index (χ4n) is 1.57. The number of rotatable bonds is 4. The van der Waals surface area contributed by atoms with Crippen molar-refractivity contribution in [2.45, 2.75) is 32.4 Å². The Labute approximate surface area is 119 Å². The smallest absolute Gasteiger partial charge is 0.0735 e. The molecule has 0 fully saturated rings. The minimum Gasteiger partial charge on any atom is -0.391 e. The Balaban J connectivity index is 0.00000256.